The number of carbonyl (C=O) groups excluding carboxylic acids is 2. The van der Waals surface area contributed by atoms with Crippen LogP contribution in [0.1, 0.15) is 29.0 Å². The van der Waals surface area contributed by atoms with Gasteiger partial charge in [0.25, 0.3) is 5.91 Å². The lowest BCUT2D eigenvalue weighted by atomic mass is 9.96. The number of hydrogen-bond acceptors (Lipinski definition) is 4. The van der Waals surface area contributed by atoms with Crippen molar-refractivity contribution in [3.8, 4) is 0 Å². The summed E-state index contributed by atoms with van der Waals surface area (Å²) < 4.78 is 2.16. The molecule has 2 fully saturated rings. The van der Waals surface area contributed by atoms with Crippen molar-refractivity contribution >= 4 is 22.8 Å². The minimum absolute atomic E-state index is 0.0183. The van der Waals surface area contributed by atoms with Crippen LogP contribution in [0.5, 0.6) is 0 Å². The minimum Gasteiger partial charge on any atom is -0.339 e. The van der Waals surface area contributed by atoms with Crippen LogP contribution < -0.4 is 0 Å². The molecule has 0 saturated carbocycles. The highest BCUT2D eigenvalue weighted by atomic mass is 16.2. The van der Waals surface area contributed by atoms with Crippen molar-refractivity contribution < 1.29 is 9.59 Å². The standard InChI is InChI=1S/C26H31N5O2/c1-28-23-12-6-5-11-22(23)27-24(28)19-29-13-7-10-21(18-29)26(33)31-16-14-30(15-17-31)25(32)20-8-3-2-4-9-20/h2-6,8-9,11-12,21H,7,10,13-19H2,1H3/t21-/m1/s1. The third-order valence-electron chi connectivity index (χ3n) is 7.00. The summed E-state index contributed by atoms with van der Waals surface area (Å²) in [4.78, 5) is 37.0. The molecule has 0 unspecified atom stereocenters. The molecule has 2 aliphatic heterocycles. The van der Waals surface area contributed by atoms with Crippen LogP contribution in [0.15, 0.2) is 54.6 Å². The average Bonchev–Trinajstić information content (AvgIpc) is 3.19. The van der Waals surface area contributed by atoms with Crippen molar-refractivity contribution in [1.29, 1.82) is 0 Å². The molecule has 7 heteroatoms. The Bertz CT molecular complexity index is 1130. The van der Waals surface area contributed by atoms with Crippen LogP contribution in [-0.4, -0.2) is 75.3 Å². The number of aryl methyl sites for hydroxylation is 1. The first-order chi connectivity index (χ1) is 16.1. The van der Waals surface area contributed by atoms with Gasteiger partial charge in [-0.05, 0) is 43.7 Å². The molecule has 3 aromatic rings. The van der Waals surface area contributed by atoms with Crippen LogP contribution in [0.2, 0.25) is 0 Å². The number of hydrogen-bond donors (Lipinski definition) is 0. The van der Waals surface area contributed by atoms with Crippen LogP contribution in [0.25, 0.3) is 11.0 Å². The summed E-state index contributed by atoms with van der Waals surface area (Å²) in [5, 5.41) is 0. The van der Waals surface area contributed by atoms with E-state index in [2.05, 4.69) is 22.6 Å². The van der Waals surface area contributed by atoms with Gasteiger partial charge in [0.15, 0.2) is 0 Å². The number of carbonyl (C=O) groups is 2. The maximum Gasteiger partial charge on any atom is 0.253 e. The highest BCUT2D eigenvalue weighted by molar-refractivity contribution is 5.94. The molecule has 3 heterocycles. The number of benzene rings is 2. The van der Waals surface area contributed by atoms with Gasteiger partial charge in [-0.3, -0.25) is 14.5 Å². The summed E-state index contributed by atoms with van der Waals surface area (Å²) >= 11 is 0. The van der Waals surface area contributed by atoms with Gasteiger partial charge >= 0.3 is 0 Å². The topological polar surface area (TPSA) is 61.7 Å². The molecule has 2 saturated heterocycles. The fourth-order valence-electron chi connectivity index (χ4n) is 5.09. The molecule has 2 aliphatic rings. The summed E-state index contributed by atoms with van der Waals surface area (Å²) in [6.07, 6.45) is 1.95. The molecule has 0 spiro atoms. The van der Waals surface area contributed by atoms with Gasteiger partial charge in [0.05, 0.1) is 23.5 Å². The zero-order valence-electron chi connectivity index (χ0n) is 19.2. The number of rotatable bonds is 4. The van der Waals surface area contributed by atoms with Gasteiger partial charge in [-0.15, -0.1) is 0 Å². The predicted octanol–water partition coefficient (Wildman–Crippen LogP) is 2.77. The smallest absolute Gasteiger partial charge is 0.253 e. The molecule has 2 aromatic carbocycles. The first-order valence-electron chi connectivity index (χ1n) is 11.9. The number of piperidine rings is 1. The van der Waals surface area contributed by atoms with Crippen molar-refractivity contribution in [1.82, 2.24) is 24.3 Å². The fourth-order valence-corrected chi connectivity index (χ4v) is 5.09. The van der Waals surface area contributed by atoms with E-state index in [9.17, 15) is 9.59 Å². The Kier molecular flexibility index (Phi) is 6.13. The Morgan fingerprint density at radius 1 is 0.909 bits per heavy atom. The second-order valence-corrected chi connectivity index (χ2v) is 9.13. The van der Waals surface area contributed by atoms with E-state index in [0.717, 1.165) is 49.3 Å². The zero-order valence-corrected chi connectivity index (χ0v) is 19.2. The molecular weight excluding hydrogens is 414 g/mol. The van der Waals surface area contributed by atoms with Crippen molar-refractivity contribution in [3.63, 3.8) is 0 Å². The number of nitrogens with zero attached hydrogens (tertiary/aromatic N) is 5. The van der Waals surface area contributed by atoms with E-state index in [1.54, 1.807) is 0 Å². The molecule has 172 valence electrons. The Morgan fingerprint density at radius 3 is 2.36 bits per heavy atom. The van der Waals surface area contributed by atoms with Gasteiger partial charge in [0.1, 0.15) is 5.82 Å². The largest absolute Gasteiger partial charge is 0.339 e. The molecule has 0 aliphatic carbocycles. The van der Waals surface area contributed by atoms with Crippen LogP contribution in [0.3, 0.4) is 0 Å². The molecule has 0 radical (unpaired) electrons. The molecule has 5 rings (SSSR count). The average molecular weight is 446 g/mol. The first-order valence-corrected chi connectivity index (χ1v) is 11.9. The van der Waals surface area contributed by atoms with Crippen molar-refractivity contribution in [2.45, 2.75) is 19.4 Å². The van der Waals surface area contributed by atoms with Crippen LogP contribution in [0.4, 0.5) is 0 Å². The third kappa shape index (κ3) is 4.50. The van der Waals surface area contributed by atoms with E-state index in [0.29, 0.717) is 31.7 Å². The summed E-state index contributed by atoms with van der Waals surface area (Å²) in [5.74, 6) is 1.34. The van der Waals surface area contributed by atoms with E-state index >= 15 is 0 Å². The summed E-state index contributed by atoms with van der Waals surface area (Å²) in [7, 11) is 2.06. The second-order valence-electron chi connectivity index (χ2n) is 9.13. The molecule has 7 nitrogen and oxygen atoms in total. The van der Waals surface area contributed by atoms with E-state index in [1.165, 1.54) is 0 Å². The van der Waals surface area contributed by atoms with Gasteiger partial charge in [0, 0.05) is 45.3 Å². The summed E-state index contributed by atoms with van der Waals surface area (Å²) in [6, 6.07) is 17.6. The van der Waals surface area contributed by atoms with E-state index in [-0.39, 0.29) is 17.7 Å². The number of imidazole rings is 1. The number of para-hydroxylation sites is 2. The molecule has 33 heavy (non-hydrogen) atoms. The van der Waals surface area contributed by atoms with Gasteiger partial charge in [-0.25, -0.2) is 4.98 Å². The van der Waals surface area contributed by atoms with Crippen LogP contribution >= 0.6 is 0 Å². The zero-order chi connectivity index (χ0) is 22.8. The molecular formula is C26H31N5O2. The van der Waals surface area contributed by atoms with Crippen molar-refractivity contribution in [2.75, 3.05) is 39.3 Å². The Morgan fingerprint density at radius 2 is 1.61 bits per heavy atom. The maximum atomic E-state index is 13.3. The number of piperazine rings is 1. The van der Waals surface area contributed by atoms with E-state index < -0.39 is 0 Å². The van der Waals surface area contributed by atoms with E-state index in [4.69, 9.17) is 4.98 Å². The number of likely N-dealkylation sites (tertiary alicyclic amines) is 1. The Balaban J connectivity index is 1.17. The number of amides is 2. The molecule has 0 N–H and O–H groups in total. The minimum atomic E-state index is 0.0183. The van der Waals surface area contributed by atoms with Crippen LogP contribution in [0, 0.1) is 5.92 Å². The lowest BCUT2D eigenvalue weighted by Crippen LogP contribution is -2.53. The SMILES string of the molecule is Cn1c(CN2CCC[C@@H](C(=O)N3CCN(C(=O)c4ccccc4)CC3)C2)nc2ccccc21. The van der Waals surface area contributed by atoms with Crippen molar-refractivity contribution in [3.05, 3.63) is 66.0 Å². The Labute approximate surface area is 194 Å². The quantitative estimate of drug-likeness (QED) is 0.620. The van der Waals surface area contributed by atoms with Crippen LogP contribution in [-0.2, 0) is 18.4 Å². The number of aromatic nitrogens is 2. The second kappa shape index (κ2) is 9.35. The lowest BCUT2D eigenvalue weighted by molar-refractivity contribution is -0.139. The lowest BCUT2D eigenvalue weighted by Gasteiger charge is -2.39. The highest BCUT2D eigenvalue weighted by Crippen LogP contribution is 2.23. The molecule has 2 amide bonds. The van der Waals surface area contributed by atoms with Gasteiger partial charge in [0.2, 0.25) is 5.91 Å². The van der Waals surface area contributed by atoms with Gasteiger partial charge < -0.3 is 14.4 Å². The molecule has 0 bridgehead atoms. The highest BCUT2D eigenvalue weighted by Gasteiger charge is 2.32. The summed E-state index contributed by atoms with van der Waals surface area (Å²) in [6.45, 7) is 4.93. The van der Waals surface area contributed by atoms with E-state index in [1.807, 2.05) is 58.3 Å². The first kappa shape index (κ1) is 21.6. The number of fused-ring (bicyclic) bond motifs is 1. The van der Waals surface area contributed by atoms with Crippen molar-refractivity contribution in [2.24, 2.45) is 13.0 Å². The summed E-state index contributed by atoms with van der Waals surface area (Å²) in [5.41, 5.74) is 2.87. The Hall–Kier alpha value is -3.19. The predicted molar refractivity (Wildman–Crippen MR) is 128 cm³/mol. The fraction of sp³-hybridized carbons (Fsp3) is 0.423. The molecule has 1 aromatic heterocycles. The van der Waals surface area contributed by atoms with Gasteiger partial charge in [-0.1, -0.05) is 30.3 Å². The monoisotopic (exact) mass is 445 g/mol. The molecule has 1 atom stereocenters. The maximum absolute atomic E-state index is 13.3. The normalized spacial score (nSPS) is 19.7. The third-order valence-corrected chi connectivity index (χ3v) is 7.00. The van der Waals surface area contributed by atoms with Gasteiger partial charge in [-0.2, -0.15) is 0 Å².